The summed E-state index contributed by atoms with van der Waals surface area (Å²) in [4.78, 5) is 22.9. The van der Waals surface area contributed by atoms with E-state index < -0.39 is 4.92 Å². The largest absolute Gasteiger partial charge is 0.276 e. The molecule has 0 saturated heterocycles. The van der Waals surface area contributed by atoms with Gasteiger partial charge in [0.05, 0.1) is 16.9 Å². The molecule has 1 amide bonds. The first-order chi connectivity index (χ1) is 10.7. The van der Waals surface area contributed by atoms with E-state index in [1.165, 1.54) is 29.7 Å². The first kappa shape index (κ1) is 15.6. The van der Waals surface area contributed by atoms with Crippen molar-refractivity contribution >= 4 is 35.2 Å². The van der Waals surface area contributed by atoms with Gasteiger partial charge in [-0.1, -0.05) is 18.2 Å². The number of rotatable bonds is 6. The number of allylic oxidation sites excluding steroid dienone is 1. The van der Waals surface area contributed by atoms with Gasteiger partial charge in [-0.15, -0.1) is 11.3 Å². The number of carbonyl (C=O) groups excluding carboxylic acids is 1. The fourth-order valence-corrected chi connectivity index (χ4v) is 2.41. The Labute approximate surface area is 130 Å². The molecule has 0 aliphatic heterocycles. The summed E-state index contributed by atoms with van der Waals surface area (Å²) >= 11 is 1.51. The Morgan fingerprint density at radius 1 is 1.32 bits per heavy atom. The van der Waals surface area contributed by atoms with Gasteiger partial charge in [-0.3, -0.25) is 14.9 Å². The molecule has 2 rings (SSSR count). The lowest BCUT2D eigenvalue weighted by Crippen LogP contribution is -2.18. The van der Waals surface area contributed by atoms with Crippen molar-refractivity contribution in [3.8, 4) is 0 Å². The molecule has 1 aromatic carbocycles. The smallest absolute Gasteiger partial charge is 0.273 e. The quantitative estimate of drug-likeness (QED) is 0.505. The molecule has 1 aromatic heterocycles. The van der Waals surface area contributed by atoms with Crippen LogP contribution in [0.2, 0.25) is 0 Å². The Kier molecular flexibility index (Phi) is 5.56. The molecule has 0 unspecified atom stereocenters. The molecule has 1 N–H and O–H groups in total. The van der Waals surface area contributed by atoms with Crippen molar-refractivity contribution in [1.29, 1.82) is 0 Å². The van der Waals surface area contributed by atoms with Gasteiger partial charge in [-0.05, 0) is 29.7 Å². The number of carbonyl (C=O) groups is 1. The van der Waals surface area contributed by atoms with Crippen LogP contribution in [-0.4, -0.2) is 17.0 Å². The molecular formula is C15H13N3O3S. The van der Waals surface area contributed by atoms with Gasteiger partial charge >= 0.3 is 0 Å². The number of para-hydroxylation sites is 1. The second kappa shape index (κ2) is 7.84. The number of amides is 1. The Balaban J connectivity index is 1.87. The van der Waals surface area contributed by atoms with E-state index in [0.717, 1.165) is 4.88 Å². The van der Waals surface area contributed by atoms with Crippen LogP contribution < -0.4 is 5.43 Å². The van der Waals surface area contributed by atoms with E-state index in [9.17, 15) is 14.9 Å². The summed E-state index contributed by atoms with van der Waals surface area (Å²) in [7, 11) is 0. The second-order valence-corrected chi connectivity index (χ2v) is 5.28. The Bertz CT molecular complexity index is 709. The van der Waals surface area contributed by atoms with Crippen molar-refractivity contribution in [3.05, 3.63) is 68.4 Å². The highest BCUT2D eigenvalue weighted by atomic mass is 32.1. The monoisotopic (exact) mass is 315 g/mol. The SMILES string of the molecule is O=C(Cc1cccs1)N/N=C\C=C\c1ccccc1[N+](=O)[O-]. The maximum absolute atomic E-state index is 11.6. The third-order valence-electron chi connectivity index (χ3n) is 2.67. The maximum atomic E-state index is 11.6. The minimum atomic E-state index is -0.445. The summed E-state index contributed by atoms with van der Waals surface area (Å²) in [6.45, 7) is 0. The number of hydrazone groups is 1. The summed E-state index contributed by atoms with van der Waals surface area (Å²) in [5.74, 6) is -0.210. The molecule has 0 saturated carbocycles. The van der Waals surface area contributed by atoms with E-state index in [0.29, 0.717) is 5.56 Å². The molecule has 0 aliphatic carbocycles. The molecule has 0 atom stereocenters. The molecule has 112 valence electrons. The van der Waals surface area contributed by atoms with Crippen molar-refractivity contribution in [2.45, 2.75) is 6.42 Å². The zero-order valence-electron chi connectivity index (χ0n) is 11.5. The van der Waals surface area contributed by atoms with Gasteiger partial charge in [0.15, 0.2) is 0 Å². The number of nitro groups is 1. The molecule has 1 heterocycles. The average molecular weight is 315 g/mol. The van der Waals surface area contributed by atoms with Gasteiger partial charge in [0.1, 0.15) is 0 Å². The van der Waals surface area contributed by atoms with Crippen molar-refractivity contribution < 1.29 is 9.72 Å². The fraction of sp³-hybridized carbons (Fsp3) is 0.0667. The lowest BCUT2D eigenvalue weighted by Gasteiger charge is -1.96. The van der Waals surface area contributed by atoms with Crippen molar-refractivity contribution in [2.24, 2.45) is 5.10 Å². The topological polar surface area (TPSA) is 84.6 Å². The molecule has 0 fully saturated rings. The summed E-state index contributed by atoms with van der Waals surface area (Å²) in [6.07, 6.45) is 4.76. The second-order valence-electron chi connectivity index (χ2n) is 4.24. The van der Waals surface area contributed by atoms with Gasteiger partial charge in [-0.25, -0.2) is 5.43 Å². The molecule has 0 spiro atoms. The van der Waals surface area contributed by atoms with Gasteiger partial charge in [0.25, 0.3) is 5.69 Å². The maximum Gasteiger partial charge on any atom is 0.276 e. The number of nitro benzene ring substituents is 1. The van der Waals surface area contributed by atoms with Crippen LogP contribution in [0, 0.1) is 10.1 Å². The Hall–Kier alpha value is -2.80. The van der Waals surface area contributed by atoms with Gasteiger partial charge < -0.3 is 0 Å². The number of nitrogens with zero attached hydrogens (tertiary/aromatic N) is 2. The average Bonchev–Trinajstić information content (AvgIpc) is 3.00. The van der Waals surface area contributed by atoms with Crippen molar-refractivity contribution in [1.82, 2.24) is 5.43 Å². The fourth-order valence-electron chi connectivity index (χ4n) is 1.70. The molecule has 6 nitrogen and oxygen atoms in total. The van der Waals surface area contributed by atoms with Crippen LogP contribution >= 0.6 is 11.3 Å². The lowest BCUT2D eigenvalue weighted by molar-refractivity contribution is -0.385. The predicted octanol–water partition coefficient (Wildman–Crippen LogP) is 3.01. The van der Waals surface area contributed by atoms with Crippen LogP contribution in [-0.2, 0) is 11.2 Å². The van der Waals surface area contributed by atoms with Crippen LogP contribution in [0.5, 0.6) is 0 Å². The number of hydrogen-bond acceptors (Lipinski definition) is 5. The lowest BCUT2D eigenvalue weighted by atomic mass is 10.2. The normalized spacial score (nSPS) is 11.1. The summed E-state index contributed by atoms with van der Waals surface area (Å²) < 4.78 is 0. The number of nitrogens with one attached hydrogen (secondary N) is 1. The van der Waals surface area contributed by atoms with Crippen LogP contribution in [0.25, 0.3) is 6.08 Å². The van der Waals surface area contributed by atoms with E-state index in [-0.39, 0.29) is 18.0 Å². The summed E-state index contributed by atoms with van der Waals surface area (Å²) in [5.41, 5.74) is 2.89. The van der Waals surface area contributed by atoms with Gasteiger partial charge in [0, 0.05) is 17.2 Å². The van der Waals surface area contributed by atoms with Gasteiger partial charge in [-0.2, -0.15) is 5.10 Å². The van der Waals surface area contributed by atoms with Crippen molar-refractivity contribution in [2.75, 3.05) is 0 Å². The highest BCUT2D eigenvalue weighted by molar-refractivity contribution is 7.10. The Morgan fingerprint density at radius 3 is 2.86 bits per heavy atom. The van der Waals surface area contributed by atoms with E-state index in [2.05, 4.69) is 10.5 Å². The first-order valence-corrected chi connectivity index (χ1v) is 7.29. The highest BCUT2D eigenvalue weighted by Crippen LogP contribution is 2.18. The molecule has 7 heteroatoms. The third kappa shape index (κ3) is 4.64. The van der Waals surface area contributed by atoms with Crippen LogP contribution in [0.3, 0.4) is 0 Å². The summed E-state index contributed by atoms with van der Waals surface area (Å²) in [5, 5.41) is 16.5. The molecule has 0 aliphatic rings. The van der Waals surface area contributed by atoms with E-state index >= 15 is 0 Å². The van der Waals surface area contributed by atoms with E-state index in [4.69, 9.17) is 0 Å². The third-order valence-corrected chi connectivity index (χ3v) is 3.55. The van der Waals surface area contributed by atoms with E-state index in [1.807, 2.05) is 17.5 Å². The molecule has 2 aromatic rings. The van der Waals surface area contributed by atoms with Crippen LogP contribution in [0.4, 0.5) is 5.69 Å². The molecule has 0 bridgehead atoms. The number of benzene rings is 1. The number of hydrogen-bond donors (Lipinski definition) is 1. The minimum Gasteiger partial charge on any atom is -0.273 e. The highest BCUT2D eigenvalue weighted by Gasteiger charge is 2.08. The first-order valence-electron chi connectivity index (χ1n) is 6.41. The zero-order chi connectivity index (χ0) is 15.8. The minimum absolute atomic E-state index is 0.0221. The Morgan fingerprint density at radius 2 is 2.14 bits per heavy atom. The standard InChI is InChI=1S/C15H13N3O3S/c19-15(11-13-7-4-10-22-13)17-16-9-3-6-12-5-1-2-8-14(12)18(20)21/h1-10H,11H2,(H,17,19)/b6-3+,16-9-. The van der Waals surface area contributed by atoms with Crippen molar-refractivity contribution in [3.63, 3.8) is 0 Å². The molecule has 22 heavy (non-hydrogen) atoms. The van der Waals surface area contributed by atoms with Gasteiger partial charge in [0.2, 0.25) is 5.91 Å². The predicted molar refractivity (Wildman–Crippen MR) is 86.8 cm³/mol. The summed E-state index contributed by atoms with van der Waals surface area (Å²) in [6, 6.07) is 10.1. The van der Waals surface area contributed by atoms with E-state index in [1.54, 1.807) is 24.3 Å². The van der Waals surface area contributed by atoms with Crippen LogP contribution in [0.15, 0.2) is 53.0 Å². The zero-order valence-corrected chi connectivity index (χ0v) is 12.3. The number of thiophene rings is 1. The molecular weight excluding hydrogens is 302 g/mol. The van der Waals surface area contributed by atoms with Crippen LogP contribution in [0.1, 0.15) is 10.4 Å². The molecule has 0 radical (unpaired) electrons.